The Bertz CT molecular complexity index is 787. The highest BCUT2D eigenvalue weighted by Gasteiger charge is 2.31. The summed E-state index contributed by atoms with van der Waals surface area (Å²) in [5, 5.41) is 0. The molecule has 0 aliphatic carbocycles. The molecule has 0 amide bonds. The molecule has 2 aromatic carbocycles. The highest BCUT2D eigenvalue weighted by Crippen LogP contribution is 2.40. The average molecular weight is 367 g/mol. The van der Waals surface area contributed by atoms with Gasteiger partial charge in [-0.15, -0.1) is 0 Å². The van der Waals surface area contributed by atoms with Gasteiger partial charge in [-0.1, -0.05) is 12.1 Å². The molecular formula is C19H17F4NO2. The maximum atomic E-state index is 14.1. The quantitative estimate of drug-likeness (QED) is 0.758. The molecule has 0 bridgehead atoms. The van der Waals surface area contributed by atoms with Crippen LogP contribution in [0.2, 0.25) is 0 Å². The van der Waals surface area contributed by atoms with Crippen molar-refractivity contribution in [2.24, 2.45) is 5.73 Å². The number of nitrogens with two attached hydrogens (primary N) is 1. The van der Waals surface area contributed by atoms with Crippen LogP contribution in [0, 0.1) is 0 Å². The van der Waals surface area contributed by atoms with Crippen molar-refractivity contribution in [2.75, 3.05) is 6.61 Å². The SMILES string of the molecule is NC=CC[C@@H]1c2ccc(Oc3ccc(C(F)(F)F)cc3)cc2OC[C@H]1F. The van der Waals surface area contributed by atoms with Gasteiger partial charge in [0.2, 0.25) is 0 Å². The fourth-order valence-electron chi connectivity index (χ4n) is 2.84. The molecule has 0 saturated heterocycles. The van der Waals surface area contributed by atoms with Gasteiger partial charge in [0.05, 0.1) is 5.56 Å². The summed E-state index contributed by atoms with van der Waals surface area (Å²) in [5.41, 5.74) is 5.30. The second kappa shape index (κ2) is 7.27. The first-order chi connectivity index (χ1) is 12.4. The van der Waals surface area contributed by atoms with Crippen LogP contribution in [0.4, 0.5) is 17.6 Å². The molecule has 7 heteroatoms. The lowest BCUT2D eigenvalue weighted by Crippen LogP contribution is -2.27. The Hall–Kier alpha value is -2.70. The van der Waals surface area contributed by atoms with E-state index in [1.807, 2.05) is 0 Å². The van der Waals surface area contributed by atoms with Crippen LogP contribution in [0.3, 0.4) is 0 Å². The van der Waals surface area contributed by atoms with Crippen molar-refractivity contribution < 1.29 is 27.0 Å². The molecule has 0 saturated carbocycles. The Kier molecular flexibility index (Phi) is 5.06. The molecule has 3 nitrogen and oxygen atoms in total. The Morgan fingerprint density at radius 2 is 1.81 bits per heavy atom. The van der Waals surface area contributed by atoms with Crippen molar-refractivity contribution >= 4 is 0 Å². The number of allylic oxidation sites excluding steroid dienone is 1. The maximum Gasteiger partial charge on any atom is 0.416 e. The molecule has 0 spiro atoms. The number of hydrogen-bond donors (Lipinski definition) is 1. The number of ether oxygens (including phenoxy) is 2. The second-order valence-corrected chi connectivity index (χ2v) is 5.92. The Balaban J connectivity index is 1.79. The van der Waals surface area contributed by atoms with Gasteiger partial charge in [-0.05, 0) is 43.0 Å². The van der Waals surface area contributed by atoms with Crippen LogP contribution >= 0.6 is 0 Å². The molecule has 26 heavy (non-hydrogen) atoms. The van der Waals surface area contributed by atoms with Gasteiger partial charge in [0.1, 0.15) is 30.0 Å². The van der Waals surface area contributed by atoms with Crippen LogP contribution in [0.25, 0.3) is 0 Å². The first-order valence-corrected chi connectivity index (χ1v) is 8.01. The van der Waals surface area contributed by atoms with Gasteiger partial charge in [-0.2, -0.15) is 13.2 Å². The summed E-state index contributed by atoms with van der Waals surface area (Å²) >= 11 is 0. The fraction of sp³-hybridized carbons (Fsp3) is 0.263. The maximum absolute atomic E-state index is 14.1. The third-order valence-electron chi connectivity index (χ3n) is 4.16. The Morgan fingerprint density at radius 3 is 2.46 bits per heavy atom. The monoisotopic (exact) mass is 367 g/mol. The van der Waals surface area contributed by atoms with Crippen molar-refractivity contribution in [3.8, 4) is 17.2 Å². The number of fused-ring (bicyclic) bond motifs is 1. The lowest BCUT2D eigenvalue weighted by atomic mass is 9.89. The molecule has 0 unspecified atom stereocenters. The highest BCUT2D eigenvalue weighted by molar-refractivity contribution is 5.46. The van der Waals surface area contributed by atoms with Gasteiger partial charge in [0.25, 0.3) is 0 Å². The zero-order valence-corrected chi connectivity index (χ0v) is 13.7. The van der Waals surface area contributed by atoms with Crippen molar-refractivity contribution in [1.29, 1.82) is 0 Å². The molecule has 138 valence electrons. The minimum Gasteiger partial charge on any atom is -0.490 e. The largest absolute Gasteiger partial charge is 0.490 e. The van der Waals surface area contributed by atoms with Gasteiger partial charge in [0.15, 0.2) is 0 Å². The van der Waals surface area contributed by atoms with Crippen LogP contribution in [0.1, 0.15) is 23.5 Å². The zero-order valence-electron chi connectivity index (χ0n) is 13.7. The van der Waals surface area contributed by atoms with Crippen LogP contribution in [-0.2, 0) is 6.18 Å². The number of hydrogen-bond acceptors (Lipinski definition) is 3. The third kappa shape index (κ3) is 3.92. The summed E-state index contributed by atoms with van der Waals surface area (Å²) in [6.45, 7) is -0.0696. The van der Waals surface area contributed by atoms with E-state index in [2.05, 4.69) is 0 Å². The molecule has 2 atom stereocenters. The topological polar surface area (TPSA) is 44.5 Å². The molecule has 1 heterocycles. The normalized spacial score (nSPS) is 19.8. The first kappa shape index (κ1) is 18.1. The molecule has 2 N–H and O–H groups in total. The van der Waals surface area contributed by atoms with E-state index in [-0.39, 0.29) is 18.3 Å². The van der Waals surface area contributed by atoms with Crippen LogP contribution < -0.4 is 15.2 Å². The van der Waals surface area contributed by atoms with Crippen molar-refractivity contribution in [3.63, 3.8) is 0 Å². The lowest BCUT2D eigenvalue weighted by molar-refractivity contribution is -0.137. The van der Waals surface area contributed by atoms with E-state index in [9.17, 15) is 17.6 Å². The first-order valence-electron chi connectivity index (χ1n) is 8.01. The lowest BCUT2D eigenvalue weighted by Gasteiger charge is -2.28. The molecule has 1 aliphatic heterocycles. The second-order valence-electron chi connectivity index (χ2n) is 5.92. The molecule has 1 aliphatic rings. The standard InChI is InChI=1S/C19H17F4NO2/c20-17-11-25-18-10-14(7-8-16(18)15(17)2-1-9-24)26-13-5-3-12(4-6-13)19(21,22)23/h1,3-10,15,17H,2,11,24H2/t15-,17-/m1/s1. The van der Waals surface area contributed by atoms with Gasteiger partial charge in [-0.3, -0.25) is 0 Å². The van der Waals surface area contributed by atoms with Gasteiger partial charge >= 0.3 is 6.18 Å². The molecular weight excluding hydrogens is 350 g/mol. The number of benzene rings is 2. The predicted molar refractivity (Wildman–Crippen MR) is 89.0 cm³/mol. The summed E-state index contributed by atoms with van der Waals surface area (Å²) in [6, 6.07) is 9.34. The van der Waals surface area contributed by atoms with Crippen LogP contribution in [0.15, 0.2) is 54.7 Å². The number of halogens is 4. The summed E-state index contributed by atoms with van der Waals surface area (Å²) in [7, 11) is 0. The van der Waals surface area contributed by atoms with Gasteiger partial charge in [0, 0.05) is 17.5 Å². The van der Waals surface area contributed by atoms with E-state index in [0.717, 1.165) is 12.1 Å². The summed E-state index contributed by atoms with van der Waals surface area (Å²) in [5.74, 6) is 0.797. The smallest absolute Gasteiger partial charge is 0.416 e. The minimum absolute atomic E-state index is 0.0696. The van der Waals surface area contributed by atoms with Crippen molar-refractivity contribution in [1.82, 2.24) is 0 Å². The van der Waals surface area contributed by atoms with Crippen LogP contribution in [-0.4, -0.2) is 12.8 Å². The Morgan fingerprint density at radius 1 is 1.12 bits per heavy atom. The van der Waals surface area contributed by atoms with E-state index >= 15 is 0 Å². The molecule has 3 rings (SSSR count). The van der Waals surface area contributed by atoms with E-state index < -0.39 is 17.9 Å². The fourth-order valence-corrected chi connectivity index (χ4v) is 2.84. The summed E-state index contributed by atoms with van der Waals surface area (Å²) < 4.78 is 62.9. The minimum atomic E-state index is -4.39. The van der Waals surface area contributed by atoms with E-state index in [4.69, 9.17) is 15.2 Å². The summed E-state index contributed by atoms with van der Waals surface area (Å²) in [6.07, 6.45) is -2.01. The third-order valence-corrected chi connectivity index (χ3v) is 4.16. The molecule has 2 aromatic rings. The van der Waals surface area contributed by atoms with Crippen molar-refractivity contribution in [3.05, 3.63) is 65.9 Å². The predicted octanol–water partition coefficient (Wildman–Crippen LogP) is 5.17. The number of alkyl halides is 4. The average Bonchev–Trinajstić information content (AvgIpc) is 2.61. The van der Waals surface area contributed by atoms with Crippen LogP contribution in [0.5, 0.6) is 17.2 Å². The Labute approximate surface area is 148 Å². The van der Waals surface area contributed by atoms with E-state index in [1.165, 1.54) is 18.3 Å². The van der Waals surface area contributed by atoms with E-state index in [1.54, 1.807) is 24.3 Å². The molecule has 0 radical (unpaired) electrons. The van der Waals surface area contributed by atoms with Crippen molar-refractivity contribution in [2.45, 2.75) is 24.7 Å². The summed E-state index contributed by atoms with van der Waals surface area (Å²) in [4.78, 5) is 0. The molecule has 0 aromatic heterocycles. The van der Waals surface area contributed by atoms with E-state index in [0.29, 0.717) is 23.5 Å². The van der Waals surface area contributed by atoms with Gasteiger partial charge < -0.3 is 15.2 Å². The number of rotatable bonds is 4. The zero-order chi connectivity index (χ0) is 18.7. The van der Waals surface area contributed by atoms with Gasteiger partial charge in [-0.25, -0.2) is 4.39 Å². The highest BCUT2D eigenvalue weighted by atomic mass is 19.4. The molecule has 0 fully saturated rings.